The summed E-state index contributed by atoms with van der Waals surface area (Å²) in [5.74, 6) is -0.0279. The van der Waals surface area contributed by atoms with Gasteiger partial charge in [0.2, 0.25) is 0 Å². The first-order valence-corrected chi connectivity index (χ1v) is 5.19. The predicted molar refractivity (Wildman–Crippen MR) is 57.7 cm³/mol. The molecule has 2 N–H and O–H groups in total. The zero-order valence-corrected chi connectivity index (χ0v) is 8.79. The van der Waals surface area contributed by atoms with E-state index in [1.54, 1.807) is 12.4 Å². The Morgan fingerprint density at radius 3 is 3.13 bits per heavy atom. The lowest BCUT2D eigenvalue weighted by Crippen LogP contribution is -2.36. The van der Waals surface area contributed by atoms with Gasteiger partial charge in [0.1, 0.15) is 0 Å². The second kappa shape index (κ2) is 4.40. The Bertz CT molecular complexity index is 359. The number of pyridine rings is 1. The van der Waals surface area contributed by atoms with Crippen LogP contribution >= 0.6 is 0 Å². The largest absolute Gasteiger partial charge is 0.348 e. The SMILES string of the molecule is Cc1cncc(C(=O)N[C@H]2CCNC2)c1. The minimum absolute atomic E-state index is 0.0279. The number of carbonyl (C=O) groups is 1. The molecule has 4 heteroatoms. The monoisotopic (exact) mass is 205 g/mol. The van der Waals surface area contributed by atoms with Crippen LogP contribution in [-0.4, -0.2) is 30.0 Å². The average molecular weight is 205 g/mol. The molecule has 1 atom stereocenters. The van der Waals surface area contributed by atoms with Crippen molar-refractivity contribution < 1.29 is 4.79 Å². The van der Waals surface area contributed by atoms with E-state index in [4.69, 9.17) is 0 Å². The van der Waals surface area contributed by atoms with E-state index in [0.29, 0.717) is 5.56 Å². The molecule has 1 fully saturated rings. The summed E-state index contributed by atoms with van der Waals surface area (Å²) in [6.07, 6.45) is 4.35. The van der Waals surface area contributed by atoms with Crippen molar-refractivity contribution in [1.29, 1.82) is 0 Å². The number of nitrogens with zero attached hydrogens (tertiary/aromatic N) is 1. The van der Waals surface area contributed by atoms with Gasteiger partial charge in [0.15, 0.2) is 0 Å². The molecule has 0 bridgehead atoms. The number of carbonyl (C=O) groups excluding carboxylic acids is 1. The molecule has 0 aromatic carbocycles. The summed E-state index contributed by atoms with van der Waals surface area (Å²) in [4.78, 5) is 15.8. The normalized spacial score (nSPS) is 20.2. The Labute approximate surface area is 89.1 Å². The van der Waals surface area contributed by atoms with E-state index in [-0.39, 0.29) is 11.9 Å². The molecule has 0 radical (unpaired) electrons. The molecule has 1 aliphatic heterocycles. The average Bonchev–Trinajstić information content (AvgIpc) is 2.70. The summed E-state index contributed by atoms with van der Waals surface area (Å²) in [5, 5.41) is 6.19. The van der Waals surface area contributed by atoms with Crippen LogP contribution in [-0.2, 0) is 0 Å². The quantitative estimate of drug-likeness (QED) is 0.738. The molecule has 1 saturated heterocycles. The maximum atomic E-state index is 11.8. The van der Waals surface area contributed by atoms with Crippen LogP contribution in [0.1, 0.15) is 22.3 Å². The second-order valence-corrected chi connectivity index (χ2v) is 3.91. The highest BCUT2D eigenvalue weighted by Gasteiger charge is 2.17. The minimum atomic E-state index is -0.0279. The molecule has 2 rings (SSSR count). The Morgan fingerprint density at radius 1 is 1.60 bits per heavy atom. The smallest absolute Gasteiger partial charge is 0.253 e. The zero-order valence-electron chi connectivity index (χ0n) is 8.79. The minimum Gasteiger partial charge on any atom is -0.348 e. The Hall–Kier alpha value is -1.42. The molecule has 0 saturated carbocycles. The first-order valence-electron chi connectivity index (χ1n) is 5.19. The highest BCUT2D eigenvalue weighted by atomic mass is 16.1. The predicted octanol–water partition coefficient (Wildman–Crippen LogP) is 0.482. The van der Waals surface area contributed by atoms with Gasteiger partial charge in [-0.25, -0.2) is 0 Å². The van der Waals surface area contributed by atoms with E-state index in [9.17, 15) is 4.79 Å². The van der Waals surface area contributed by atoms with Gasteiger partial charge in [-0.05, 0) is 31.5 Å². The number of rotatable bonds is 2. The van der Waals surface area contributed by atoms with Crippen molar-refractivity contribution in [3.63, 3.8) is 0 Å². The molecule has 1 aromatic heterocycles. The molecular weight excluding hydrogens is 190 g/mol. The molecule has 1 aromatic rings. The molecule has 1 aliphatic rings. The topological polar surface area (TPSA) is 54.0 Å². The standard InChI is InChI=1S/C11H15N3O/c1-8-4-9(6-13-5-8)11(15)14-10-2-3-12-7-10/h4-6,10,12H,2-3,7H2,1H3,(H,14,15)/t10-/m0/s1. The Balaban J connectivity index is 2.01. The number of aromatic nitrogens is 1. The third kappa shape index (κ3) is 2.53. The highest BCUT2D eigenvalue weighted by Crippen LogP contribution is 2.03. The van der Waals surface area contributed by atoms with E-state index in [1.165, 1.54) is 0 Å². The van der Waals surface area contributed by atoms with E-state index in [1.807, 2.05) is 13.0 Å². The van der Waals surface area contributed by atoms with Crippen molar-refractivity contribution in [2.45, 2.75) is 19.4 Å². The van der Waals surface area contributed by atoms with Crippen molar-refractivity contribution in [3.05, 3.63) is 29.6 Å². The van der Waals surface area contributed by atoms with Gasteiger partial charge in [0.05, 0.1) is 5.56 Å². The van der Waals surface area contributed by atoms with E-state index in [0.717, 1.165) is 25.1 Å². The van der Waals surface area contributed by atoms with Gasteiger partial charge in [0.25, 0.3) is 5.91 Å². The van der Waals surface area contributed by atoms with Gasteiger partial charge in [-0.3, -0.25) is 9.78 Å². The maximum absolute atomic E-state index is 11.8. The van der Waals surface area contributed by atoms with Crippen LogP contribution in [0.4, 0.5) is 0 Å². The van der Waals surface area contributed by atoms with Gasteiger partial charge in [0, 0.05) is 25.0 Å². The Morgan fingerprint density at radius 2 is 2.47 bits per heavy atom. The van der Waals surface area contributed by atoms with Gasteiger partial charge in [-0.2, -0.15) is 0 Å². The maximum Gasteiger partial charge on any atom is 0.253 e. The summed E-state index contributed by atoms with van der Waals surface area (Å²) in [6, 6.07) is 2.11. The van der Waals surface area contributed by atoms with Crippen LogP contribution < -0.4 is 10.6 Å². The van der Waals surface area contributed by atoms with Crippen LogP contribution in [0.3, 0.4) is 0 Å². The van der Waals surface area contributed by atoms with Crippen molar-refractivity contribution in [2.24, 2.45) is 0 Å². The van der Waals surface area contributed by atoms with Gasteiger partial charge in [-0.1, -0.05) is 0 Å². The zero-order chi connectivity index (χ0) is 10.7. The van der Waals surface area contributed by atoms with E-state index < -0.39 is 0 Å². The summed E-state index contributed by atoms with van der Waals surface area (Å²) in [5.41, 5.74) is 1.65. The summed E-state index contributed by atoms with van der Waals surface area (Å²) in [7, 11) is 0. The van der Waals surface area contributed by atoms with Crippen LogP contribution in [0.25, 0.3) is 0 Å². The molecule has 2 heterocycles. The second-order valence-electron chi connectivity index (χ2n) is 3.91. The van der Waals surface area contributed by atoms with E-state index >= 15 is 0 Å². The lowest BCUT2D eigenvalue weighted by Gasteiger charge is -2.11. The Kier molecular flexibility index (Phi) is 2.97. The molecular formula is C11H15N3O. The summed E-state index contributed by atoms with van der Waals surface area (Å²) >= 11 is 0. The fourth-order valence-corrected chi connectivity index (χ4v) is 1.73. The first kappa shape index (κ1) is 10.1. The van der Waals surface area contributed by atoms with E-state index in [2.05, 4.69) is 15.6 Å². The fourth-order valence-electron chi connectivity index (χ4n) is 1.73. The van der Waals surface area contributed by atoms with Crippen LogP contribution in [0.2, 0.25) is 0 Å². The van der Waals surface area contributed by atoms with Crippen LogP contribution in [0, 0.1) is 6.92 Å². The van der Waals surface area contributed by atoms with Crippen molar-refractivity contribution >= 4 is 5.91 Å². The van der Waals surface area contributed by atoms with Crippen molar-refractivity contribution in [1.82, 2.24) is 15.6 Å². The highest BCUT2D eigenvalue weighted by molar-refractivity contribution is 5.94. The van der Waals surface area contributed by atoms with Crippen molar-refractivity contribution in [3.8, 4) is 0 Å². The summed E-state index contributed by atoms with van der Waals surface area (Å²) < 4.78 is 0. The third-order valence-electron chi connectivity index (χ3n) is 2.53. The number of amides is 1. The number of hydrogen-bond acceptors (Lipinski definition) is 3. The molecule has 4 nitrogen and oxygen atoms in total. The molecule has 0 spiro atoms. The molecule has 80 valence electrons. The number of aryl methyl sites for hydroxylation is 1. The number of nitrogens with one attached hydrogen (secondary N) is 2. The first-order chi connectivity index (χ1) is 7.25. The fraction of sp³-hybridized carbons (Fsp3) is 0.455. The number of hydrogen-bond donors (Lipinski definition) is 2. The lowest BCUT2D eigenvalue weighted by molar-refractivity contribution is 0.0939. The third-order valence-corrected chi connectivity index (χ3v) is 2.53. The molecule has 1 amide bonds. The van der Waals surface area contributed by atoms with Crippen LogP contribution in [0.5, 0.6) is 0 Å². The molecule has 15 heavy (non-hydrogen) atoms. The molecule has 0 unspecified atom stereocenters. The van der Waals surface area contributed by atoms with Crippen molar-refractivity contribution in [2.75, 3.05) is 13.1 Å². The van der Waals surface area contributed by atoms with Crippen LogP contribution in [0.15, 0.2) is 18.5 Å². The lowest BCUT2D eigenvalue weighted by atomic mass is 10.2. The van der Waals surface area contributed by atoms with Gasteiger partial charge >= 0.3 is 0 Å². The summed E-state index contributed by atoms with van der Waals surface area (Å²) in [6.45, 7) is 3.78. The van der Waals surface area contributed by atoms with Gasteiger partial charge in [-0.15, -0.1) is 0 Å². The van der Waals surface area contributed by atoms with Gasteiger partial charge < -0.3 is 10.6 Å². The molecule has 0 aliphatic carbocycles.